The summed E-state index contributed by atoms with van der Waals surface area (Å²) in [6, 6.07) is 0.375. The van der Waals surface area contributed by atoms with Crippen molar-refractivity contribution in [1.82, 2.24) is 15.5 Å². The summed E-state index contributed by atoms with van der Waals surface area (Å²) in [6.45, 7) is 9.07. The van der Waals surface area contributed by atoms with Crippen LogP contribution in [0.25, 0.3) is 0 Å². The molecule has 1 rings (SSSR count). The Morgan fingerprint density at radius 1 is 1.44 bits per heavy atom. The molecule has 1 fully saturated rings. The van der Waals surface area contributed by atoms with Crippen LogP contribution >= 0.6 is 0 Å². The maximum atomic E-state index is 11.7. The maximum absolute atomic E-state index is 11.7. The smallest absolute Gasteiger partial charge is 0.236 e. The second kappa shape index (κ2) is 6.21. The third kappa shape index (κ3) is 4.49. The van der Waals surface area contributed by atoms with Crippen LogP contribution in [0.15, 0.2) is 0 Å². The van der Waals surface area contributed by atoms with Crippen molar-refractivity contribution in [2.24, 2.45) is 5.92 Å². The standard InChI is InChI=1S/C12H25N3O/c1-9(2)7-13-12(16)10(3)14-11-5-6-15(4)8-11/h9-11,14H,5-8H2,1-4H3,(H,13,16). The first kappa shape index (κ1) is 13.5. The van der Waals surface area contributed by atoms with Crippen LogP contribution in [0.1, 0.15) is 27.2 Å². The van der Waals surface area contributed by atoms with Crippen LogP contribution < -0.4 is 10.6 Å². The summed E-state index contributed by atoms with van der Waals surface area (Å²) in [7, 11) is 2.12. The van der Waals surface area contributed by atoms with Crippen LogP contribution in [-0.4, -0.2) is 49.6 Å². The van der Waals surface area contributed by atoms with E-state index in [1.807, 2.05) is 6.92 Å². The molecule has 2 atom stereocenters. The molecule has 0 aromatic heterocycles. The highest BCUT2D eigenvalue weighted by molar-refractivity contribution is 5.81. The number of rotatable bonds is 5. The van der Waals surface area contributed by atoms with E-state index in [9.17, 15) is 4.79 Å². The minimum atomic E-state index is -0.0877. The van der Waals surface area contributed by atoms with E-state index in [1.165, 1.54) is 0 Å². The molecule has 1 amide bonds. The third-order valence-electron chi connectivity index (χ3n) is 2.95. The van der Waals surface area contributed by atoms with Crippen LogP contribution in [0.4, 0.5) is 0 Å². The topological polar surface area (TPSA) is 44.4 Å². The molecule has 1 saturated heterocycles. The first-order valence-electron chi connectivity index (χ1n) is 6.21. The fourth-order valence-corrected chi connectivity index (χ4v) is 1.96. The van der Waals surface area contributed by atoms with E-state index < -0.39 is 0 Å². The quantitative estimate of drug-likeness (QED) is 0.716. The van der Waals surface area contributed by atoms with Crippen molar-refractivity contribution in [2.45, 2.75) is 39.3 Å². The molecule has 1 aliphatic rings. The molecule has 0 bridgehead atoms. The number of hydrogen-bond donors (Lipinski definition) is 2. The summed E-state index contributed by atoms with van der Waals surface area (Å²) in [5, 5.41) is 6.33. The van der Waals surface area contributed by atoms with Crippen LogP contribution in [0.2, 0.25) is 0 Å². The van der Waals surface area contributed by atoms with Gasteiger partial charge in [0.25, 0.3) is 0 Å². The van der Waals surface area contributed by atoms with Gasteiger partial charge in [0.1, 0.15) is 0 Å². The average molecular weight is 227 g/mol. The van der Waals surface area contributed by atoms with Crippen molar-refractivity contribution in [3.8, 4) is 0 Å². The van der Waals surface area contributed by atoms with Crippen molar-refractivity contribution in [3.63, 3.8) is 0 Å². The van der Waals surface area contributed by atoms with Crippen molar-refractivity contribution in [1.29, 1.82) is 0 Å². The summed E-state index contributed by atoms with van der Waals surface area (Å²) in [5.74, 6) is 0.622. The lowest BCUT2D eigenvalue weighted by Gasteiger charge is -2.19. The number of likely N-dealkylation sites (N-methyl/N-ethyl adjacent to an activating group) is 1. The third-order valence-corrected chi connectivity index (χ3v) is 2.95. The van der Waals surface area contributed by atoms with E-state index in [0.717, 1.165) is 26.1 Å². The zero-order valence-corrected chi connectivity index (χ0v) is 10.9. The van der Waals surface area contributed by atoms with Gasteiger partial charge in [0.15, 0.2) is 0 Å². The number of nitrogens with one attached hydrogen (secondary N) is 2. The number of likely N-dealkylation sites (tertiary alicyclic amines) is 1. The fourth-order valence-electron chi connectivity index (χ4n) is 1.96. The monoisotopic (exact) mass is 227 g/mol. The van der Waals surface area contributed by atoms with Gasteiger partial charge < -0.3 is 15.5 Å². The second-order valence-electron chi connectivity index (χ2n) is 5.28. The first-order valence-corrected chi connectivity index (χ1v) is 6.21. The predicted molar refractivity (Wildman–Crippen MR) is 66.3 cm³/mol. The summed E-state index contributed by atoms with van der Waals surface area (Å²) < 4.78 is 0. The number of nitrogens with zero attached hydrogens (tertiary/aromatic N) is 1. The normalized spacial score (nSPS) is 23.7. The zero-order chi connectivity index (χ0) is 12.1. The van der Waals surface area contributed by atoms with Gasteiger partial charge in [-0.25, -0.2) is 0 Å². The molecular formula is C12H25N3O. The number of carbonyl (C=O) groups is 1. The van der Waals surface area contributed by atoms with Gasteiger partial charge in [-0.05, 0) is 32.9 Å². The van der Waals surface area contributed by atoms with Crippen LogP contribution in [0.3, 0.4) is 0 Å². The molecule has 4 nitrogen and oxygen atoms in total. The highest BCUT2D eigenvalue weighted by Gasteiger charge is 2.23. The molecule has 94 valence electrons. The van der Waals surface area contributed by atoms with Gasteiger partial charge in [0, 0.05) is 19.1 Å². The molecule has 0 aromatic rings. The molecule has 0 saturated carbocycles. The Labute approximate surface area is 98.8 Å². The molecule has 1 heterocycles. The second-order valence-corrected chi connectivity index (χ2v) is 5.28. The summed E-state index contributed by atoms with van der Waals surface area (Å²) >= 11 is 0. The lowest BCUT2D eigenvalue weighted by atomic mass is 10.2. The van der Waals surface area contributed by atoms with Gasteiger partial charge in [-0.1, -0.05) is 13.8 Å². The van der Waals surface area contributed by atoms with Crippen LogP contribution in [0, 0.1) is 5.92 Å². The molecule has 0 aliphatic carbocycles. The molecule has 4 heteroatoms. The predicted octanol–water partition coefficient (Wildman–Crippen LogP) is 0.441. The van der Waals surface area contributed by atoms with Crippen molar-refractivity contribution < 1.29 is 4.79 Å². The Morgan fingerprint density at radius 2 is 2.12 bits per heavy atom. The molecule has 0 radical (unpaired) electrons. The summed E-state index contributed by atoms with van der Waals surface area (Å²) in [4.78, 5) is 14.0. The van der Waals surface area contributed by atoms with Crippen molar-refractivity contribution in [2.75, 3.05) is 26.7 Å². The molecule has 2 N–H and O–H groups in total. The molecule has 1 aliphatic heterocycles. The van der Waals surface area contributed by atoms with Gasteiger partial charge in [-0.15, -0.1) is 0 Å². The number of amides is 1. The van der Waals surface area contributed by atoms with E-state index in [2.05, 4.69) is 36.4 Å². The minimum Gasteiger partial charge on any atom is -0.354 e. The maximum Gasteiger partial charge on any atom is 0.236 e. The van der Waals surface area contributed by atoms with Crippen molar-refractivity contribution in [3.05, 3.63) is 0 Å². The Kier molecular flexibility index (Phi) is 5.22. The number of carbonyl (C=O) groups excluding carboxylic acids is 1. The SMILES string of the molecule is CC(C)CNC(=O)C(C)NC1CCN(C)C1. The van der Waals surface area contributed by atoms with E-state index in [-0.39, 0.29) is 11.9 Å². The van der Waals surface area contributed by atoms with Gasteiger partial charge in [0.05, 0.1) is 6.04 Å². The fraction of sp³-hybridized carbons (Fsp3) is 0.917. The van der Waals surface area contributed by atoms with Crippen LogP contribution in [-0.2, 0) is 4.79 Å². The largest absolute Gasteiger partial charge is 0.354 e. The Hall–Kier alpha value is -0.610. The van der Waals surface area contributed by atoms with E-state index >= 15 is 0 Å². The van der Waals surface area contributed by atoms with E-state index in [1.54, 1.807) is 0 Å². The van der Waals surface area contributed by atoms with Crippen molar-refractivity contribution >= 4 is 5.91 Å². The van der Waals surface area contributed by atoms with Gasteiger partial charge in [-0.3, -0.25) is 4.79 Å². The molecule has 0 aromatic carbocycles. The lowest BCUT2D eigenvalue weighted by molar-refractivity contribution is -0.123. The van der Waals surface area contributed by atoms with Crippen LogP contribution in [0.5, 0.6) is 0 Å². The minimum absolute atomic E-state index is 0.0877. The van der Waals surface area contributed by atoms with Gasteiger partial charge >= 0.3 is 0 Å². The number of hydrogen-bond acceptors (Lipinski definition) is 3. The Balaban J connectivity index is 2.23. The van der Waals surface area contributed by atoms with E-state index in [0.29, 0.717) is 12.0 Å². The summed E-state index contributed by atoms with van der Waals surface area (Å²) in [5.41, 5.74) is 0. The molecule has 16 heavy (non-hydrogen) atoms. The highest BCUT2D eigenvalue weighted by atomic mass is 16.2. The zero-order valence-electron chi connectivity index (χ0n) is 10.9. The molecular weight excluding hydrogens is 202 g/mol. The summed E-state index contributed by atoms with van der Waals surface area (Å²) in [6.07, 6.45) is 1.14. The van der Waals surface area contributed by atoms with E-state index in [4.69, 9.17) is 0 Å². The Bertz CT molecular complexity index is 230. The molecule has 2 unspecified atom stereocenters. The average Bonchev–Trinajstić information content (AvgIpc) is 2.60. The first-order chi connectivity index (χ1) is 7.49. The Morgan fingerprint density at radius 3 is 2.62 bits per heavy atom. The molecule has 0 spiro atoms. The highest BCUT2D eigenvalue weighted by Crippen LogP contribution is 2.06. The lowest BCUT2D eigenvalue weighted by Crippen LogP contribution is -2.47. The van der Waals surface area contributed by atoms with Gasteiger partial charge in [0.2, 0.25) is 5.91 Å². The van der Waals surface area contributed by atoms with Gasteiger partial charge in [-0.2, -0.15) is 0 Å².